The largest absolute Gasteiger partial charge is 0.493 e. The molecule has 2 atom stereocenters. The molecule has 0 aliphatic carbocycles. The van der Waals surface area contributed by atoms with E-state index in [1.165, 1.54) is 10.9 Å². The van der Waals surface area contributed by atoms with Crippen LogP contribution in [-0.2, 0) is 28.4 Å². The molecule has 5 heterocycles. The minimum absolute atomic E-state index is 0.0616. The van der Waals surface area contributed by atoms with Gasteiger partial charge in [0.1, 0.15) is 23.5 Å². The molecular weight excluding hydrogens is 464 g/mol. The fraction of sp³-hybridized carbons (Fsp3) is 0.323. The SMILES string of the molecule is Cn1ccc2cc(-c3cccc4c3C3(COc5cc6c(cc53)CCO6)C(=O)N4C[C@H]3CCCO3)ccc21. The number of carbonyl (C=O) groups excluding carboxylic acids is 1. The van der Waals surface area contributed by atoms with Crippen LogP contribution in [0.15, 0.2) is 60.8 Å². The molecule has 4 aromatic rings. The van der Waals surface area contributed by atoms with Crippen LogP contribution in [0, 0.1) is 0 Å². The summed E-state index contributed by atoms with van der Waals surface area (Å²) in [6.07, 6.45) is 5.02. The Bertz CT molecular complexity index is 1600. The van der Waals surface area contributed by atoms with Gasteiger partial charge >= 0.3 is 0 Å². The van der Waals surface area contributed by atoms with Crippen molar-refractivity contribution in [3.63, 3.8) is 0 Å². The topological polar surface area (TPSA) is 52.9 Å². The number of hydrogen-bond donors (Lipinski definition) is 0. The van der Waals surface area contributed by atoms with Crippen LogP contribution in [0.25, 0.3) is 22.0 Å². The molecule has 1 unspecified atom stereocenters. The second-order valence-corrected chi connectivity index (χ2v) is 10.7. The van der Waals surface area contributed by atoms with E-state index in [9.17, 15) is 4.79 Å². The summed E-state index contributed by atoms with van der Waals surface area (Å²) in [6.45, 7) is 2.30. The van der Waals surface area contributed by atoms with Gasteiger partial charge in [0.15, 0.2) is 0 Å². The number of rotatable bonds is 3. The zero-order chi connectivity index (χ0) is 24.7. The molecule has 6 heteroatoms. The molecule has 1 aromatic heterocycles. The molecule has 1 spiro atoms. The average Bonchev–Trinajstić information content (AvgIpc) is 3.74. The Morgan fingerprint density at radius 1 is 1.03 bits per heavy atom. The van der Waals surface area contributed by atoms with E-state index in [0.29, 0.717) is 19.8 Å². The zero-order valence-corrected chi connectivity index (χ0v) is 20.8. The number of aryl methyl sites for hydroxylation is 1. The monoisotopic (exact) mass is 492 g/mol. The highest BCUT2D eigenvalue weighted by Gasteiger charge is 2.58. The number of carbonyl (C=O) groups is 1. The van der Waals surface area contributed by atoms with Gasteiger partial charge < -0.3 is 23.7 Å². The van der Waals surface area contributed by atoms with Crippen LogP contribution >= 0.6 is 0 Å². The number of nitrogens with zero attached hydrogens (tertiary/aromatic N) is 2. The minimum atomic E-state index is -0.886. The normalized spacial score (nSPS) is 23.4. The Labute approximate surface area is 215 Å². The Morgan fingerprint density at radius 2 is 1.97 bits per heavy atom. The summed E-state index contributed by atoms with van der Waals surface area (Å²) in [7, 11) is 2.06. The number of benzene rings is 3. The lowest BCUT2D eigenvalue weighted by molar-refractivity contribution is -0.122. The maximum atomic E-state index is 14.6. The molecule has 6 nitrogen and oxygen atoms in total. The predicted molar refractivity (Wildman–Crippen MR) is 142 cm³/mol. The van der Waals surface area contributed by atoms with E-state index in [-0.39, 0.29) is 12.0 Å². The highest BCUT2D eigenvalue weighted by molar-refractivity contribution is 6.14. The van der Waals surface area contributed by atoms with E-state index >= 15 is 0 Å². The molecule has 1 fully saturated rings. The molecule has 1 saturated heterocycles. The van der Waals surface area contributed by atoms with Crippen LogP contribution in [0.4, 0.5) is 5.69 Å². The number of anilines is 1. The summed E-state index contributed by atoms with van der Waals surface area (Å²) in [5.41, 5.74) is 6.63. The molecule has 0 radical (unpaired) electrons. The van der Waals surface area contributed by atoms with Crippen LogP contribution < -0.4 is 14.4 Å². The van der Waals surface area contributed by atoms with Gasteiger partial charge in [0, 0.05) is 60.1 Å². The molecule has 0 saturated carbocycles. The minimum Gasteiger partial charge on any atom is -0.493 e. The van der Waals surface area contributed by atoms with Gasteiger partial charge in [-0.05, 0) is 59.9 Å². The fourth-order valence-corrected chi connectivity index (χ4v) is 6.83. The number of aromatic nitrogens is 1. The molecule has 3 aromatic carbocycles. The van der Waals surface area contributed by atoms with Crippen molar-refractivity contribution in [3.8, 4) is 22.6 Å². The van der Waals surface area contributed by atoms with Gasteiger partial charge in [-0.3, -0.25) is 4.79 Å². The lowest BCUT2D eigenvalue weighted by Crippen LogP contribution is -2.45. The van der Waals surface area contributed by atoms with Crippen LogP contribution in [-0.4, -0.2) is 42.9 Å². The van der Waals surface area contributed by atoms with Crippen molar-refractivity contribution in [1.29, 1.82) is 0 Å². The van der Waals surface area contributed by atoms with Gasteiger partial charge in [0.2, 0.25) is 5.91 Å². The molecular formula is C31H28N2O4. The van der Waals surface area contributed by atoms with Crippen molar-refractivity contribution in [2.75, 3.05) is 31.3 Å². The molecule has 4 aliphatic rings. The van der Waals surface area contributed by atoms with Gasteiger partial charge in [0.05, 0.1) is 19.3 Å². The van der Waals surface area contributed by atoms with E-state index in [1.807, 2.05) is 11.0 Å². The van der Waals surface area contributed by atoms with Gasteiger partial charge in [-0.1, -0.05) is 18.2 Å². The number of ether oxygens (including phenoxy) is 3. The first-order chi connectivity index (χ1) is 18.1. The average molecular weight is 493 g/mol. The van der Waals surface area contributed by atoms with Crippen molar-refractivity contribution in [2.24, 2.45) is 7.05 Å². The number of hydrogen-bond acceptors (Lipinski definition) is 4. The third-order valence-corrected chi connectivity index (χ3v) is 8.67. The summed E-state index contributed by atoms with van der Waals surface area (Å²) in [5, 5.41) is 1.19. The Hall–Kier alpha value is -3.77. The summed E-state index contributed by atoms with van der Waals surface area (Å²) in [5.74, 6) is 1.72. The standard InChI is InChI=1S/C31H28N2O4/c1-32-11-9-20-14-19(7-8-25(20)32)23-5-2-6-26-29(23)31(30(34)33(26)17-22-4-3-12-35-22)18-37-28-16-27-21(10-13-36-27)15-24(28)31/h2,5-9,11,14-16,22H,3-4,10,12-13,17-18H2,1H3/t22-,31?/m1/s1. The third kappa shape index (κ3) is 2.87. The van der Waals surface area contributed by atoms with Crippen LogP contribution in [0.3, 0.4) is 0 Å². The van der Waals surface area contributed by atoms with E-state index in [0.717, 1.165) is 70.9 Å². The van der Waals surface area contributed by atoms with Crippen molar-refractivity contribution in [2.45, 2.75) is 30.8 Å². The predicted octanol–water partition coefficient (Wildman–Crippen LogP) is 4.98. The smallest absolute Gasteiger partial charge is 0.245 e. The van der Waals surface area contributed by atoms with Crippen molar-refractivity contribution < 1.29 is 19.0 Å². The third-order valence-electron chi connectivity index (χ3n) is 8.67. The molecule has 186 valence electrons. The number of fused-ring (bicyclic) bond motifs is 6. The van der Waals surface area contributed by atoms with E-state index in [2.05, 4.69) is 66.3 Å². The van der Waals surface area contributed by atoms with Crippen LogP contribution in [0.1, 0.15) is 29.5 Å². The lowest BCUT2D eigenvalue weighted by atomic mass is 9.73. The van der Waals surface area contributed by atoms with Gasteiger partial charge in [-0.15, -0.1) is 0 Å². The summed E-state index contributed by atoms with van der Waals surface area (Å²) in [4.78, 5) is 16.6. The maximum Gasteiger partial charge on any atom is 0.245 e. The van der Waals surface area contributed by atoms with E-state index in [4.69, 9.17) is 14.2 Å². The summed E-state index contributed by atoms with van der Waals surface area (Å²) in [6, 6.07) is 19.2. The molecule has 4 aliphatic heterocycles. The lowest BCUT2D eigenvalue weighted by Gasteiger charge is -2.25. The highest BCUT2D eigenvalue weighted by atomic mass is 16.5. The van der Waals surface area contributed by atoms with Crippen molar-refractivity contribution in [3.05, 3.63) is 77.5 Å². The van der Waals surface area contributed by atoms with Crippen molar-refractivity contribution >= 4 is 22.5 Å². The Balaban J connectivity index is 1.36. The second kappa shape index (κ2) is 7.62. The number of amides is 1. The zero-order valence-electron chi connectivity index (χ0n) is 20.8. The summed E-state index contributed by atoms with van der Waals surface area (Å²) < 4.78 is 20.2. The van der Waals surface area contributed by atoms with Gasteiger partial charge in [-0.25, -0.2) is 0 Å². The second-order valence-electron chi connectivity index (χ2n) is 10.7. The Kier molecular flexibility index (Phi) is 4.39. The van der Waals surface area contributed by atoms with Gasteiger partial charge in [0.25, 0.3) is 0 Å². The molecule has 0 bridgehead atoms. The quantitative estimate of drug-likeness (QED) is 0.405. The summed E-state index contributed by atoms with van der Waals surface area (Å²) >= 11 is 0. The first-order valence-electron chi connectivity index (χ1n) is 13.2. The highest BCUT2D eigenvalue weighted by Crippen LogP contribution is 2.56. The first-order valence-corrected chi connectivity index (χ1v) is 13.2. The van der Waals surface area contributed by atoms with E-state index < -0.39 is 5.41 Å². The van der Waals surface area contributed by atoms with Crippen LogP contribution in [0.5, 0.6) is 11.5 Å². The van der Waals surface area contributed by atoms with Crippen LogP contribution in [0.2, 0.25) is 0 Å². The molecule has 8 rings (SSSR count). The van der Waals surface area contributed by atoms with Gasteiger partial charge in [-0.2, -0.15) is 0 Å². The molecule has 37 heavy (non-hydrogen) atoms. The van der Waals surface area contributed by atoms with E-state index in [1.54, 1.807) is 0 Å². The van der Waals surface area contributed by atoms with Crippen molar-refractivity contribution in [1.82, 2.24) is 4.57 Å². The molecule has 0 N–H and O–H groups in total. The Morgan fingerprint density at radius 3 is 2.86 bits per heavy atom. The fourth-order valence-electron chi connectivity index (χ4n) is 6.83. The first kappa shape index (κ1) is 21.3. The molecule has 1 amide bonds. The maximum absolute atomic E-state index is 14.6.